The van der Waals surface area contributed by atoms with Crippen LogP contribution in [0.15, 0.2) is 12.3 Å². The molecule has 2 heterocycles. The lowest BCUT2D eigenvalue weighted by Crippen LogP contribution is -2.52. The first-order valence-electron chi connectivity index (χ1n) is 7.23. The third-order valence-corrected chi connectivity index (χ3v) is 4.31. The zero-order chi connectivity index (χ0) is 13.9. The molecule has 1 aromatic rings. The predicted molar refractivity (Wildman–Crippen MR) is 75.6 cm³/mol. The molecule has 1 aliphatic rings. The first-order chi connectivity index (χ1) is 9.09. The number of ether oxygens (including phenoxy) is 1. The molecular weight excluding hydrogens is 240 g/mol. The predicted octanol–water partition coefficient (Wildman–Crippen LogP) is 1.80. The van der Waals surface area contributed by atoms with Crippen molar-refractivity contribution in [3.8, 4) is 0 Å². The highest BCUT2D eigenvalue weighted by atomic mass is 16.5. The highest BCUT2D eigenvalue weighted by Gasteiger charge is 2.38. The van der Waals surface area contributed by atoms with E-state index in [4.69, 9.17) is 10.6 Å². The summed E-state index contributed by atoms with van der Waals surface area (Å²) in [7, 11) is 0. The van der Waals surface area contributed by atoms with Gasteiger partial charge in [0.1, 0.15) is 0 Å². The number of hydrogen-bond acceptors (Lipinski definition) is 4. The summed E-state index contributed by atoms with van der Waals surface area (Å²) in [5.74, 6) is 5.71. The zero-order valence-corrected chi connectivity index (χ0v) is 12.2. The van der Waals surface area contributed by atoms with Gasteiger partial charge in [0.2, 0.25) is 0 Å². The molecule has 0 bridgehead atoms. The molecule has 108 valence electrons. The number of hydrazine groups is 1. The average molecular weight is 266 g/mol. The fourth-order valence-corrected chi connectivity index (χ4v) is 2.65. The quantitative estimate of drug-likeness (QED) is 0.608. The van der Waals surface area contributed by atoms with Gasteiger partial charge in [0, 0.05) is 25.3 Å². The van der Waals surface area contributed by atoms with Gasteiger partial charge in [0.15, 0.2) is 0 Å². The van der Waals surface area contributed by atoms with E-state index in [-0.39, 0.29) is 11.6 Å². The van der Waals surface area contributed by atoms with E-state index in [1.807, 2.05) is 4.68 Å². The van der Waals surface area contributed by atoms with Crippen LogP contribution in [0.5, 0.6) is 0 Å². The van der Waals surface area contributed by atoms with Gasteiger partial charge in [-0.15, -0.1) is 0 Å². The number of aromatic nitrogens is 2. The molecule has 1 aromatic heterocycles. The van der Waals surface area contributed by atoms with Crippen molar-refractivity contribution < 1.29 is 4.74 Å². The van der Waals surface area contributed by atoms with Crippen LogP contribution in [0.3, 0.4) is 0 Å². The van der Waals surface area contributed by atoms with Gasteiger partial charge >= 0.3 is 0 Å². The minimum absolute atomic E-state index is 0.107. The summed E-state index contributed by atoms with van der Waals surface area (Å²) in [5.41, 5.74) is 3.81. The van der Waals surface area contributed by atoms with E-state index in [1.54, 1.807) is 0 Å². The molecule has 0 spiro atoms. The molecule has 0 aliphatic carbocycles. The minimum atomic E-state index is -0.172. The van der Waals surface area contributed by atoms with Gasteiger partial charge in [-0.25, -0.2) is 0 Å². The zero-order valence-electron chi connectivity index (χ0n) is 12.2. The summed E-state index contributed by atoms with van der Waals surface area (Å²) in [5, 5.41) is 4.64. The fraction of sp³-hybridized carbons (Fsp3) is 0.786. The average Bonchev–Trinajstić information content (AvgIpc) is 3.04. The van der Waals surface area contributed by atoms with Crippen molar-refractivity contribution in [1.82, 2.24) is 15.2 Å². The van der Waals surface area contributed by atoms with E-state index in [0.29, 0.717) is 6.04 Å². The van der Waals surface area contributed by atoms with Crippen LogP contribution in [0.2, 0.25) is 0 Å². The molecular formula is C14H26N4O. The van der Waals surface area contributed by atoms with Crippen molar-refractivity contribution in [2.75, 3.05) is 6.61 Å². The molecule has 19 heavy (non-hydrogen) atoms. The van der Waals surface area contributed by atoms with Gasteiger partial charge in [-0.1, -0.05) is 6.92 Å². The van der Waals surface area contributed by atoms with Crippen LogP contribution < -0.4 is 11.3 Å². The van der Waals surface area contributed by atoms with Crippen LogP contribution in [0.25, 0.3) is 0 Å². The van der Waals surface area contributed by atoms with Crippen molar-refractivity contribution in [2.45, 2.75) is 64.1 Å². The lowest BCUT2D eigenvalue weighted by atomic mass is 9.90. The second-order valence-corrected chi connectivity index (χ2v) is 5.73. The van der Waals surface area contributed by atoms with Crippen molar-refractivity contribution in [1.29, 1.82) is 0 Å². The van der Waals surface area contributed by atoms with Gasteiger partial charge in [-0.05, 0) is 39.2 Å². The van der Waals surface area contributed by atoms with Crippen molar-refractivity contribution in [2.24, 2.45) is 5.84 Å². The first-order valence-corrected chi connectivity index (χ1v) is 7.23. The van der Waals surface area contributed by atoms with Crippen molar-refractivity contribution in [3.63, 3.8) is 0 Å². The molecule has 0 aromatic carbocycles. The topological polar surface area (TPSA) is 65.1 Å². The molecule has 3 unspecified atom stereocenters. The van der Waals surface area contributed by atoms with Crippen LogP contribution in [-0.4, -0.2) is 28.0 Å². The van der Waals surface area contributed by atoms with Crippen molar-refractivity contribution >= 4 is 0 Å². The van der Waals surface area contributed by atoms with Crippen LogP contribution in [-0.2, 0) is 11.2 Å². The van der Waals surface area contributed by atoms with E-state index >= 15 is 0 Å². The second kappa shape index (κ2) is 6.03. The lowest BCUT2D eigenvalue weighted by molar-refractivity contribution is -0.0117. The molecule has 2 rings (SSSR count). The standard InChI is InChI=1S/C14H26N4O/c1-4-11(2)18-8-6-12(17-18)10-13(16-15)14(3)7-5-9-19-14/h6,8,11,13,16H,4-5,7,9-10,15H2,1-3H3. The third kappa shape index (κ3) is 3.16. The van der Waals surface area contributed by atoms with Gasteiger partial charge < -0.3 is 4.74 Å². The van der Waals surface area contributed by atoms with Crippen LogP contribution in [0.4, 0.5) is 0 Å². The summed E-state index contributed by atoms with van der Waals surface area (Å²) in [4.78, 5) is 0. The van der Waals surface area contributed by atoms with Crippen molar-refractivity contribution in [3.05, 3.63) is 18.0 Å². The molecule has 5 nitrogen and oxygen atoms in total. The number of nitrogens with two attached hydrogens (primary N) is 1. The number of nitrogens with zero attached hydrogens (tertiary/aromatic N) is 2. The minimum Gasteiger partial charge on any atom is -0.374 e. The van der Waals surface area contributed by atoms with Crippen LogP contribution in [0, 0.1) is 0 Å². The van der Waals surface area contributed by atoms with E-state index in [2.05, 4.69) is 43.6 Å². The Labute approximate surface area is 115 Å². The number of nitrogens with one attached hydrogen (secondary N) is 1. The number of hydrogen-bond donors (Lipinski definition) is 2. The fourth-order valence-electron chi connectivity index (χ4n) is 2.65. The lowest BCUT2D eigenvalue weighted by Gasteiger charge is -2.32. The molecule has 0 amide bonds. The second-order valence-electron chi connectivity index (χ2n) is 5.73. The SMILES string of the molecule is CCC(C)n1ccc(CC(NN)C2(C)CCCO2)n1. The molecule has 1 aliphatic heterocycles. The van der Waals surface area contributed by atoms with Gasteiger partial charge in [-0.3, -0.25) is 16.0 Å². The van der Waals surface area contributed by atoms with E-state index in [0.717, 1.165) is 38.0 Å². The Morgan fingerprint density at radius 1 is 1.63 bits per heavy atom. The van der Waals surface area contributed by atoms with Crippen LogP contribution in [0.1, 0.15) is 51.8 Å². The monoisotopic (exact) mass is 266 g/mol. The summed E-state index contributed by atoms with van der Waals surface area (Å²) in [6.07, 6.45) is 6.09. The molecule has 0 saturated carbocycles. The third-order valence-electron chi connectivity index (χ3n) is 4.31. The Kier molecular flexibility index (Phi) is 4.60. The van der Waals surface area contributed by atoms with E-state index < -0.39 is 0 Å². The Bertz CT molecular complexity index is 398. The van der Waals surface area contributed by atoms with Gasteiger partial charge in [0.05, 0.1) is 17.3 Å². The summed E-state index contributed by atoms with van der Waals surface area (Å²) < 4.78 is 7.89. The number of rotatable bonds is 6. The van der Waals surface area contributed by atoms with E-state index in [1.165, 1.54) is 0 Å². The Morgan fingerprint density at radius 3 is 3.00 bits per heavy atom. The maximum atomic E-state index is 5.86. The molecule has 1 fully saturated rings. The Morgan fingerprint density at radius 2 is 2.42 bits per heavy atom. The first kappa shape index (κ1) is 14.5. The maximum absolute atomic E-state index is 5.86. The Hall–Kier alpha value is -0.910. The smallest absolute Gasteiger partial charge is 0.0824 e. The summed E-state index contributed by atoms with van der Waals surface area (Å²) in [6, 6.07) is 2.63. The largest absolute Gasteiger partial charge is 0.374 e. The summed E-state index contributed by atoms with van der Waals surface area (Å²) in [6.45, 7) is 7.31. The normalized spacial score (nSPS) is 26.5. The molecule has 3 atom stereocenters. The van der Waals surface area contributed by atoms with E-state index in [9.17, 15) is 0 Å². The highest BCUT2D eigenvalue weighted by molar-refractivity contribution is 5.06. The highest BCUT2D eigenvalue weighted by Crippen LogP contribution is 2.29. The maximum Gasteiger partial charge on any atom is 0.0824 e. The summed E-state index contributed by atoms with van der Waals surface area (Å²) >= 11 is 0. The molecule has 0 radical (unpaired) electrons. The molecule has 1 saturated heterocycles. The van der Waals surface area contributed by atoms with Gasteiger partial charge in [-0.2, -0.15) is 5.10 Å². The molecule has 3 N–H and O–H groups in total. The Balaban J connectivity index is 2.04. The molecule has 5 heteroatoms. The van der Waals surface area contributed by atoms with Crippen LogP contribution >= 0.6 is 0 Å². The van der Waals surface area contributed by atoms with Gasteiger partial charge in [0.25, 0.3) is 0 Å².